The number of aromatic nitrogens is 1. The normalized spacial score (nSPS) is 19.0. The summed E-state index contributed by atoms with van der Waals surface area (Å²) >= 11 is 4.39. The van der Waals surface area contributed by atoms with E-state index in [2.05, 4.69) is 45.8 Å². The highest BCUT2D eigenvalue weighted by atomic mass is 32.1. The molecule has 3 heterocycles. The van der Waals surface area contributed by atoms with E-state index in [0.717, 1.165) is 63.1 Å². The number of anilines is 1. The number of thiol groups is 1. The van der Waals surface area contributed by atoms with Crippen molar-refractivity contribution in [2.24, 2.45) is 0 Å². The van der Waals surface area contributed by atoms with Crippen molar-refractivity contribution in [1.29, 1.82) is 0 Å². The van der Waals surface area contributed by atoms with Crippen LogP contribution in [0.4, 0.5) is 5.82 Å². The summed E-state index contributed by atoms with van der Waals surface area (Å²) in [5, 5.41) is 0. The number of rotatable bonds is 6. The van der Waals surface area contributed by atoms with Crippen LogP contribution in [0.3, 0.4) is 0 Å². The molecule has 2 aromatic rings. The second-order valence-corrected chi connectivity index (χ2v) is 7.64. The van der Waals surface area contributed by atoms with Crippen molar-refractivity contribution >= 4 is 18.6 Å². The summed E-state index contributed by atoms with van der Waals surface area (Å²) in [7, 11) is 1.69. The second kappa shape index (κ2) is 8.37. The van der Waals surface area contributed by atoms with Gasteiger partial charge in [-0.1, -0.05) is 24.9 Å². The maximum absolute atomic E-state index is 6.05. The second-order valence-electron chi connectivity index (χ2n) is 7.07. The van der Waals surface area contributed by atoms with Crippen LogP contribution in [0.15, 0.2) is 42.6 Å². The molecular weight excluding hydrogens is 360 g/mol. The Kier molecular flexibility index (Phi) is 5.71. The zero-order chi connectivity index (χ0) is 18.6. The molecule has 0 atom stereocenters. The molecule has 0 N–H and O–H groups in total. The van der Waals surface area contributed by atoms with Crippen LogP contribution in [0.5, 0.6) is 11.5 Å². The first-order valence-electron chi connectivity index (χ1n) is 9.36. The van der Waals surface area contributed by atoms with E-state index in [1.165, 1.54) is 5.56 Å². The molecule has 6 nitrogen and oxygen atoms in total. The third-order valence-electron chi connectivity index (χ3n) is 5.09. The van der Waals surface area contributed by atoms with Gasteiger partial charge in [-0.2, -0.15) is 0 Å². The minimum absolute atomic E-state index is 0.239. The first-order valence-corrected chi connectivity index (χ1v) is 9.76. The van der Waals surface area contributed by atoms with Crippen LogP contribution in [-0.4, -0.2) is 66.7 Å². The number of pyridine rings is 1. The monoisotopic (exact) mass is 386 g/mol. The van der Waals surface area contributed by atoms with Gasteiger partial charge < -0.3 is 14.4 Å². The van der Waals surface area contributed by atoms with Gasteiger partial charge in [0.05, 0.1) is 13.3 Å². The van der Waals surface area contributed by atoms with E-state index in [4.69, 9.17) is 9.47 Å². The molecule has 2 saturated heterocycles. The lowest BCUT2D eigenvalue weighted by Crippen LogP contribution is -2.53. The molecule has 0 radical (unpaired) electrons. The van der Waals surface area contributed by atoms with E-state index in [1.807, 2.05) is 28.7 Å². The molecule has 1 aromatic carbocycles. The molecule has 27 heavy (non-hydrogen) atoms. The fourth-order valence-electron chi connectivity index (χ4n) is 3.46. The maximum Gasteiger partial charge on any atom is 0.138 e. The van der Waals surface area contributed by atoms with Gasteiger partial charge in [0.15, 0.2) is 0 Å². The maximum atomic E-state index is 6.05. The Labute approximate surface area is 166 Å². The van der Waals surface area contributed by atoms with Gasteiger partial charge in [0.1, 0.15) is 23.4 Å². The smallest absolute Gasteiger partial charge is 0.138 e. The summed E-state index contributed by atoms with van der Waals surface area (Å²) in [6.45, 7) is 6.65. The fourth-order valence-corrected chi connectivity index (χ4v) is 3.64. The van der Waals surface area contributed by atoms with Crippen molar-refractivity contribution in [3.63, 3.8) is 0 Å². The van der Waals surface area contributed by atoms with Gasteiger partial charge in [0.2, 0.25) is 0 Å². The van der Waals surface area contributed by atoms with Gasteiger partial charge in [-0.25, -0.2) is 9.29 Å². The van der Waals surface area contributed by atoms with E-state index in [-0.39, 0.29) is 6.10 Å². The van der Waals surface area contributed by atoms with Crippen LogP contribution < -0.4 is 14.4 Å². The summed E-state index contributed by atoms with van der Waals surface area (Å²) < 4.78 is 13.3. The van der Waals surface area contributed by atoms with Crippen LogP contribution in [0.25, 0.3) is 0 Å². The number of piperazine rings is 1. The highest BCUT2D eigenvalue weighted by molar-refractivity contribution is 7.77. The van der Waals surface area contributed by atoms with E-state index in [0.29, 0.717) is 0 Å². The van der Waals surface area contributed by atoms with E-state index < -0.39 is 0 Å². The summed E-state index contributed by atoms with van der Waals surface area (Å²) in [5.41, 5.74) is 1.29. The van der Waals surface area contributed by atoms with Gasteiger partial charge >= 0.3 is 0 Å². The number of methoxy groups -OCH3 is 1. The number of nitrogens with zero attached hydrogens (tertiary/aromatic N) is 4. The molecule has 1 aromatic heterocycles. The largest absolute Gasteiger partial charge is 0.497 e. The molecule has 7 heteroatoms. The zero-order valence-electron chi connectivity index (χ0n) is 15.6. The van der Waals surface area contributed by atoms with Gasteiger partial charge in [0.25, 0.3) is 0 Å². The van der Waals surface area contributed by atoms with E-state index in [1.54, 1.807) is 7.11 Å². The molecule has 2 fully saturated rings. The van der Waals surface area contributed by atoms with Gasteiger partial charge in [-0.3, -0.25) is 4.90 Å². The topological polar surface area (TPSA) is 41.1 Å². The lowest BCUT2D eigenvalue weighted by molar-refractivity contribution is 0.0143. The first-order chi connectivity index (χ1) is 13.2. The summed E-state index contributed by atoms with van der Waals surface area (Å²) in [5.74, 6) is 2.76. The average Bonchev–Trinajstić information content (AvgIpc) is 2.68. The molecule has 0 spiro atoms. The summed E-state index contributed by atoms with van der Waals surface area (Å²) in [4.78, 5) is 9.24. The van der Waals surface area contributed by atoms with Crippen molar-refractivity contribution < 1.29 is 9.47 Å². The number of hydrogen-bond acceptors (Lipinski definition) is 7. The Morgan fingerprint density at radius 3 is 2.33 bits per heavy atom. The minimum Gasteiger partial charge on any atom is -0.497 e. The molecule has 144 valence electrons. The number of likely N-dealkylation sites (tertiary alicyclic amines) is 1. The standard InChI is InChI=1S/C20H26N4O2S/c1-25-17-4-2-16(3-5-17)13-22-14-19(15-22)26-18-6-7-20(21-12-18)23-8-10-24(27)11-9-23/h2-7,12,19,27H,8-11,13-15H2,1H3. The highest BCUT2D eigenvalue weighted by Gasteiger charge is 2.28. The highest BCUT2D eigenvalue weighted by Crippen LogP contribution is 2.22. The quantitative estimate of drug-likeness (QED) is 0.769. The summed E-state index contributed by atoms with van der Waals surface area (Å²) in [6.07, 6.45) is 2.08. The SMILES string of the molecule is COc1ccc(CN2CC(Oc3ccc(N4CCN(S)CC4)nc3)C2)cc1. The minimum atomic E-state index is 0.239. The van der Waals surface area contributed by atoms with Crippen molar-refractivity contribution in [2.45, 2.75) is 12.6 Å². The number of benzene rings is 1. The van der Waals surface area contributed by atoms with Gasteiger partial charge in [-0.15, -0.1) is 0 Å². The molecule has 0 aliphatic carbocycles. The van der Waals surface area contributed by atoms with Gasteiger partial charge in [-0.05, 0) is 29.8 Å². The van der Waals surface area contributed by atoms with Crippen molar-refractivity contribution in [1.82, 2.24) is 14.2 Å². The van der Waals surface area contributed by atoms with Gasteiger partial charge in [0, 0.05) is 45.8 Å². The lowest BCUT2D eigenvalue weighted by atomic mass is 10.1. The van der Waals surface area contributed by atoms with Crippen molar-refractivity contribution in [3.8, 4) is 11.5 Å². The lowest BCUT2D eigenvalue weighted by Gasteiger charge is -2.39. The summed E-state index contributed by atoms with van der Waals surface area (Å²) in [6, 6.07) is 12.3. The molecule has 2 aliphatic heterocycles. The Balaban J connectivity index is 1.22. The molecule has 0 saturated carbocycles. The van der Waals surface area contributed by atoms with Crippen LogP contribution in [0.2, 0.25) is 0 Å². The van der Waals surface area contributed by atoms with Crippen molar-refractivity contribution in [2.75, 3.05) is 51.3 Å². The zero-order valence-corrected chi connectivity index (χ0v) is 16.5. The third-order valence-corrected chi connectivity index (χ3v) is 5.49. The van der Waals surface area contributed by atoms with E-state index in [9.17, 15) is 0 Å². The number of ether oxygens (including phenoxy) is 2. The van der Waals surface area contributed by atoms with Crippen LogP contribution in [-0.2, 0) is 6.54 Å². The molecule has 0 unspecified atom stereocenters. The molecular formula is C20H26N4O2S. The van der Waals surface area contributed by atoms with Crippen LogP contribution in [0, 0.1) is 0 Å². The molecule has 0 amide bonds. The Morgan fingerprint density at radius 1 is 1.00 bits per heavy atom. The predicted octanol–water partition coefficient (Wildman–Crippen LogP) is 2.32. The molecule has 2 aliphatic rings. The first kappa shape index (κ1) is 18.4. The Morgan fingerprint density at radius 2 is 1.70 bits per heavy atom. The third kappa shape index (κ3) is 4.66. The average molecular weight is 387 g/mol. The molecule has 0 bridgehead atoms. The predicted molar refractivity (Wildman–Crippen MR) is 110 cm³/mol. The fraction of sp³-hybridized carbons (Fsp3) is 0.450. The molecule has 4 rings (SSSR count). The van der Waals surface area contributed by atoms with Crippen LogP contribution in [0.1, 0.15) is 5.56 Å². The van der Waals surface area contributed by atoms with Crippen LogP contribution >= 0.6 is 12.8 Å². The van der Waals surface area contributed by atoms with Crippen molar-refractivity contribution in [3.05, 3.63) is 48.2 Å². The van der Waals surface area contributed by atoms with E-state index >= 15 is 0 Å². The Bertz CT molecular complexity index is 727. The number of hydrogen-bond donors (Lipinski definition) is 1. The Hall–Kier alpha value is -1.96.